The molecule has 1 N–H and O–H groups in total. The molecule has 0 spiro atoms. The smallest absolute Gasteiger partial charge is 0.238 e. The van der Waals surface area contributed by atoms with E-state index >= 15 is 0 Å². The van der Waals surface area contributed by atoms with Gasteiger partial charge in [0, 0.05) is 18.7 Å². The molecule has 0 saturated carbocycles. The number of aliphatic imine (C=N–C) groups is 1. The van der Waals surface area contributed by atoms with Crippen LogP contribution in [0, 0.1) is 0 Å². The number of ether oxygens (including phenoxy) is 1. The number of benzene rings is 3. The van der Waals surface area contributed by atoms with Crippen LogP contribution < -0.4 is 10.1 Å². The lowest BCUT2D eigenvalue weighted by Gasteiger charge is -2.32. The summed E-state index contributed by atoms with van der Waals surface area (Å²) in [6.45, 7) is 0.508. The van der Waals surface area contributed by atoms with Crippen LogP contribution in [0.5, 0.6) is 5.75 Å². The normalized spacial score (nSPS) is 17.1. The molecule has 3 aromatic rings. The van der Waals surface area contributed by atoms with Crippen molar-refractivity contribution in [1.82, 2.24) is 4.90 Å². The van der Waals surface area contributed by atoms with Crippen LogP contribution in [0.1, 0.15) is 12.0 Å². The van der Waals surface area contributed by atoms with Gasteiger partial charge in [0.15, 0.2) is 5.17 Å². The quantitative estimate of drug-likeness (QED) is 0.546. The standard InChI is InChI=1S/C26H25N3O3S/c1-32-22-14-12-21(13-15-22)27-25(31)23-18-24(30)29(17-16-19-8-4-2-5-9-19)26(33-23)28-20-10-6-3-7-11-20/h2-15,23H,16-18H2,1H3,(H,27,31). The van der Waals surface area contributed by atoms with Gasteiger partial charge in [-0.1, -0.05) is 60.3 Å². The maximum Gasteiger partial charge on any atom is 0.238 e. The fraction of sp³-hybridized carbons (Fsp3) is 0.192. The van der Waals surface area contributed by atoms with Crippen molar-refractivity contribution in [1.29, 1.82) is 0 Å². The third-order valence-corrected chi connectivity index (χ3v) is 6.43. The number of hydrogen-bond acceptors (Lipinski definition) is 5. The van der Waals surface area contributed by atoms with Gasteiger partial charge >= 0.3 is 0 Å². The lowest BCUT2D eigenvalue weighted by molar-refractivity contribution is -0.129. The lowest BCUT2D eigenvalue weighted by atomic mass is 10.1. The first kappa shape index (κ1) is 22.6. The monoisotopic (exact) mass is 459 g/mol. The Kier molecular flexibility index (Phi) is 7.42. The van der Waals surface area contributed by atoms with Crippen LogP contribution in [0.25, 0.3) is 0 Å². The zero-order chi connectivity index (χ0) is 23.0. The van der Waals surface area contributed by atoms with E-state index in [1.54, 1.807) is 36.3 Å². The van der Waals surface area contributed by atoms with Gasteiger partial charge in [0.25, 0.3) is 0 Å². The molecular formula is C26H25N3O3S. The summed E-state index contributed by atoms with van der Waals surface area (Å²) in [6, 6.07) is 26.6. The molecule has 1 saturated heterocycles. The number of anilines is 1. The number of carbonyl (C=O) groups excluding carboxylic acids is 2. The van der Waals surface area contributed by atoms with Gasteiger partial charge in [-0.05, 0) is 48.4 Å². The number of nitrogens with one attached hydrogen (secondary N) is 1. The van der Waals surface area contributed by atoms with E-state index in [2.05, 4.69) is 5.32 Å². The fourth-order valence-electron chi connectivity index (χ4n) is 3.46. The number of thioether (sulfide) groups is 1. The molecule has 0 radical (unpaired) electrons. The first-order valence-electron chi connectivity index (χ1n) is 10.7. The van der Waals surface area contributed by atoms with Crippen molar-refractivity contribution >= 4 is 40.1 Å². The van der Waals surface area contributed by atoms with E-state index in [4.69, 9.17) is 9.73 Å². The average Bonchev–Trinajstić information content (AvgIpc) is 2.85. The van der Waals surface area contributed by atoms with Crippen LogP contribution in [0.15, 0.2) is 89.9 Å². The Morgan fingerprint density at radius 3 is 2.36 bits per heavy atom. The topological polar surface area (TPSA) is 71.0 Å². The van der Waals surface area contributed by atoms with E-state index in [0.717, 1.165) is 11.3 Å². The van der Waals surface area contributed by atoms with Crippen molar-refractivity contribution in [2.45, 2.75) is 18.1 Å². The molecule has 3 aromatic carbocycles. The highest BCUT2D eigenvalue weighted by Gasteiger charge is 2.35. The van der Waals surface area contributed by atoms with Crippen molar-refractivity contribution in [3.05, 3.63) is 90.5 Å². The lowest BCUT2D eigenvalue weighted by Crippen LogP contribution is -2.46. The summed E-state index contributed by atoms with van der Waals surface area (Å²) in [6.07, 6.45) is 0.832. The molecule has 0 aliphatic carbocycles. The first-order valence-corrected chi connectivity index (χ1v) is 11.6. The second kappa shape index (κ2) is 10.8. The number of rotatable bonds is 7. The van der Waals surface area contributed by atoms with E-state index < -0.39 is 5.25 Å². The van der Waals surface area contributed by atoms with Gasteiger partial charge in [-0.25, -0.2) is 4.99 Å². The minimum Gasteiger partial charge on any atom is -0.497 e. The van der Waals surface area contributed by atoms with Gasteiger partial charge in [0.05, 0.1) is 12.8 Å². The summed E-state index contributed by atoms with van der Waals surface area (Å²) < 4.78 is 5.16. The van der Waals surface area contributed by atoms with Crippen molar-refractivity contribution in [2.24, 2.45) is 4.99 Å². The van der Waals surface area contributed by atoms with E-state index in [0.29, 0.717) is 29.6 Å². The number of para-hydroxylation sites is 1. The highest BCUT2D eigenvalue weighted by Crippen LogP contribution is 2.30. The van der Waals surface area contributed by atoms with E-state index in [-0.39, 0.29) is 18.2 Å². The third-order valence-electron chi connectivity index (χ3n) is 5.24. The molecule has 6 nitrogen and oxygen atoms in total. The minimum atomic E-state index is -0.560. The molecule has 1 heterocycles. The minimum absolute atomic E-state index is 0.103. The van der Waals surface area contributed by atoms with Gasteiger partial charge in [-0.3, -0.25) is 14.5 Å². The van der Waals surface area contributed by atoms with E-state index in [9.17, 15) is 9.59 Å². The summed E-state index contributed by atoms with van der Waals surface area (Å²) in [5.74, 6) is 0.387. The zero-order valence-electron chi connectivity index (χ0n) is 18.3. The molecule has 1 aliphatic heterocycles. The largest absolute Gasteiger partial charge is 0.497 e. The number of methoxy groups -OCH3 is 1. The third kappa shape index (κ3) is 6.02. The summed E-state index contributed by atoms with van der Waals surface area (Å²) in [5, 5.41) is 2.88. The molecule has 2 amide bonds. The van der Waals surface area contributed by atoms with Crippen LogP contribution >= 0.6 is 11.8 Å². The van der Waals surface area contributed by atoms with Crippen LogP contribution in [-0.4, -0.2) is 40.8 Å². The molecule has 7 heteroatoms. The highest BCUT2D eigenvalue weighted by molar-refractivity contribution is 8.15. The van der Waals surface area contributed by atoms with Crippen LogP contribution in [0.4, 0.5) is 11.4 Å². The number of hydrogen-bond donors (Lipinski definition) is 1. The fourth-order valence-corrected chi connectivity index (χ4v) is 4.58. The van der Waals surface area contributed by atoms with Gasteiger partial charge < -0.3 is 10.1 Å². The molecule has 1 aliphatic rings. The molecule has 1 fully saturated rings. The zero-order valence-corrected chi connectivity index (χ0v) is 19.1. The number of nitrogens with zero attached hydrogens (tertiary/aromatic N) is 2. The van der Waals surface area contributed by atoms with Crippen LogP contribution in [-0.2, 0) is 16.0 Å². The molecule has 4 rings (SSSR count). The van der Waals surface area contributed by atoms with E-state index in [1.165, 1.54) is 11.8 Å². The average molecular weight is 460 g/mol. The predicted molar refractivity (Wildman–Crippen MR) is 133 cm³/mol. The Labute approximate surface area is 197 Å². The first-order chi connectivity index (χ1) is 16.1. The van der Waals surface area contributed by atoms with Crippen LogP contribution in [0.2, 0.25) is 0 Å². The summed E-state index contributed by atoms with van der Waals surface area (Å²) in [5.41, 5.74) is 2.55. The van der Waals surface area contributed by atoms with Crippen molar-refractivity contribution in [3.8, 4) is 5.75 Å². The summed E-state index contributed by atoms with van der Waals surface area (Å²) in [4.78, 5) is 32.5. The molecule has 33 heavy (non-hydrogen) atoms. The van der Waals surface area contributed by atoms with Gasteiger partial charge in [-0.2, -0.15) is 0 Å². The molecule has 168 valence electrons. The number of amidine groups is 1. The molecule has 1 atom stereocenters. The second-order valence-electron chi connectivity index (χ2n) is 7.54. The van der Waals surface area contributed by atoms with Gasteiger partial charge in [-0.15, -0.1) is 0 Å². The second-order valence-corrected chi connectivity index (χ2v) is 8.71. The Hall–Kier alpha value is -3.58. The van der Waals surface area contributed by atoms with Crippen molar-refractivity contribution in [2.75, 3.05) is 19.0 Å². The van der Waals surface area contributed by atoms with Gasteiger partial charge in [0.2, 0.25) is 11.8 Å². The molecule has 1 unspecified atom stereocenters. The van der Waals surface area contributed by atoms with Crippen LogP contribution in [0.3, 0.4) is 0 Å². The summed E-state index contributed by atoms with van der Waals surface area (Å²) >= 11 is 1.33. The van der Waals surface area contributed by atoms with Crippen molar-refractivity contribution < 1.29 is 14.3 Å². The Morgan fingerprint density at radius 2 is 1.70 bits per heavy atom. The number of carbonyl (C=O) groups is 2. The SMILES string of the molecule is COc1ccc(NC(=O)C2CC(=O)N(CCc3ccccc3)C(=Nc3ccccc3)S2)cc1. The molecule has 0 aromatic heterocycles. The van der Waals surface area contributed by atoms with Crippen molar-refractivity contribution in [3.63, 3.8) is 0 Å². The highest BCUT2D eigenvalue weighted by atomic mass is 32.2. The summed E-state index contributed by atoms with van der Waals surface area (Å²) in [7, 11) is 1.59. The molecular weight excluding hydrogens is 434 g/mol. The Morgan fingerprint density at radius 1 is 1.03 bits per heavy atom. The Bertz CT molecular complexity index is 1120. The van der Waals surface area contributed by atoms with E-state index in [1.807, 2.05) is 60.7 Å². The molecule has 0 bridgehead atoms. The Balaban J connectivity index is 1.51. The maximum atomic E-state index is 13.1. The maximum absolute atomic E-state index is 13.1. The number of amides is 2. The predicted octanol–water partition coefficient (Wildman–Crippen LogP) is 4.90. The van der Waals surface area contributed by atoms with Gasteiger partial charge in [0.1, 0.15) is 11.0 Å².